The monoisotopic (exact) mass is 321 g/mol. The highest BCUT2D eigenvalue weighted by atomic mass is 32.2. The third-order valence-electron chi connectivity index (χ3n) is 2.80. The van der Waals surface area contributed by atoms with Gasteiger partial charge >= 0.3 is 0 Å². The Labute approximate surface area is 126 Å². The molecule has 0 aliphatic heterocycles. The van der Waals surface area contributed by atoms with Crippen LogP contribution in [0, 0.1) is 15.9 Å². The number of thioether (sulfide) groups is 1. The van der Waals surface area contributed by atoms with Crippen molar-refractivity contribution in [2.24, 2.45) is 0 Å². The number of hydrogen-bond acceptors (Lipinski definition) is 8. The lowest BCUT2D eigenvalue weighted by molar-refractivity contribution is -0.385. The summed E-state index contributed by atoms with van der Waals surface area (Å²) >= 11 is 1.28. The molecule has 0 aliphatic carbocycles. The molecule has 0 radical (unpaired) electrons. The first-order chi connectivity index (χ1) is 10.5. The number of hydrogen-bond donors (Lipinski definition) is 1. The van der Waals surface area contributed by atoms with Crippen LogP contribution in [0.25, 0.3) is 17.2 Å². The van der Waals surface area contributed by atoms with Crippen LogP contribution >= 0.6 is 11.8 Å². The van der Waals surface area contributed by atoms with E-state index in [0.29, 0.717) is 5.16 Å². The fraction of sp³-hybridized carbons (Fsp3) is 0.0909. The van der Waals surface area contributed by atoms with Crippen LogP contribution in [-0.2, 0) is 0 Å². The van der Waals surface area contributed by atoms with Crippen molar-refractivity contribution in [3.63, 3.8) is 0 Å². The summed E-state index contributed by atoms with van der Waals surface area (Å²) in [5.41, 5.74) is 5.40. The molecule has 0 amide bonds. The number of nitro benzene ring substituents is 1. The summed E-state index contributed by atoms with van der Waals surface area (Å²) in [4.78, 5) is 22.1. The summed E-state index contributed by atoms with van der Waals surface area (Å²) in [7, 11) is 0. The SMILES string of the molecule is CSc1nc(N)n2nc(-c3ccc([N+](=O)[O-])cc3F)nc2n1. The summed E-state index contributed by atoms with van der Waals surface area (Å²) < 4.78 is 15.2. The van der Waals surface area contributed by atoms with Crippen LogP contribution in [0.5, 0.6) is 0 Å². The van der Waals surface area contributed by atoms with Crippen molar-refractivity contribution in [1.29, 1.82) is 0 Å². The first-order valence-corrected chi connectivity index (χ1v) is 7.10. The molecule has 0 saturated carbocycles. The summed E-state index contributed by atoms with van der Waals surface area (Å²) in [6.07, 6.45) is 1.78. The van der Waals surface area contributed by atoms with E-state index in [1.165, 1.54) is 28.4 Å². The molecule has 2 aromatic heterocycles. The largest absolute Gasteiger partial charge is 0.368 e. The van der Waals surface area contributed by atoms with Crippen LogP contribution < -0.4 is 5.73 Å². The third kappa shape index (κ3) is 2.30. The number of nitro groups is 1. The number of nitrogens with two attached hydrogens (primary N) is 1. The second-order valence-corrected chi connectivity index (χ2v) is 4.91. The molecule has 0 atom stereocenters. The lowest BCUT2D eigenvalue weighted by Crippen LogP contribution is -2.04. The van der Waals surface area contributed by atoms with E-state index < -0.39 is 10.7 Å². The zero-order valence-electron chi connectivity index (χ0n) is 11.1. The molecule has 0 unspecified atom stereocenters. The summed E-state index contributed by atoms with van der Waals surface area (Å²) in [5, 5.41) is 15.1. The van der Waals surface area contributed by atoms with Gasteiger partial charge in [-0.1, -0.05) is 11.8 Å². The van der Waals surface area contributed by atoms with Gasteiger partial charge in [0, 0.05) is 6.07 Å². The Balaban J connectivity index is 2.14. The molecule has 2 N–H and O–H groups in total. The van der Waals surface area contributed by atoms with E-state index in [0.717, 1.165) is 6.07 Å². The third-order valence-corrected chi connectivity index (χ3v) is 3.35. The van der Waals surface area contributed by atoms with Crippen LogP contribution in [0.3, 0.4) is 0 Å². The van der Waals surface area contributed by atoms with Gasteiger partial charge in [0.05, 0.1) is 16.6 Å². The van der Waals surface area contributed by atoms with Crippen LogP contribution in [-0.4, -0.2) is 35.7 Å². The highest BCUT2D eigenvalue weighted by Crippen LogP contribution is 2.24. The second-order valence-electron chi connectivity index (χ2n) is 4.14. The first kappa shape index (κ1) is 14.1. The molecular formula is C11H8FN7O2S. The highest BCUT2D eigenvalue weighted by Gasteiger charge is 2.17. The molecule has 112 valence electrons. The van der Waals surface area contributed by atoms with Crippen LogP contribution in [0.1, 0.15) is 0 Å². The fourth-order valence-corrected chi connectivity index (χ4v) is 2.15. The van der Waals surface area contributed by atoms with Gasteiger partial charge in [0.2, 0.25) is 5.95 Å². The lowest BCUT2D eigenvalue weighted by atomic mass is 10.2. The molecule has 22 heavy (non-hydrogen) atoms. The number of benzene rings is 1. The van der Waals surface area contributed by atoms with E-state index in [2.05, 4.69) is 20.1 Å². The predicted octanol–water partition coefficient (Wildman–Crippen LogP) is 1.54. The topological polar surface area (TPSA) is 125 Å². The number of anilines is 1. The fourth-order valence-electron chi connectivity index (χ4n) is 1.79. The number of halogens is 1. The van der Waals surface area contributed by atoms with Crippen molar-refractivity contribution in [3.05, 3.63) is 34.1 Å². The average molecular weight is 321 g/mol. The van der Waals surface area contributed by atoms with E-state index in [9.17, 15) is 14.5 Å². The molecule has 2 heterocycles. The maximum absolute atomic E-state index is 14.0. The van der Waals surface area contributed by atoms with E-state index in [1.54, 1.807) is 6.26 Å². The molecule has 1 aromatic carbocycles. The highest BCUT2D eigenvalue weighted by molar-refractivity contribution is 7.98. The van der Waals surface area contributed by atoms with Crippen LogP contribution in [0.4, 0.5) is 16.0 Å². The Morgan fingerprint density at radius 1 is 1.36 bits per heavy atom. The Morgan fingerprint density at radius 2 is 2.14 bits per heavy atom. The summed E-state index contributed by atoms with van der Waals surface area (Å²) in [6, 6.07) is 3.22. The quantitative estimate of drug-likeness (QED) is 0.437. The smallest absolute Gasteiger partial charge is 0.272 e. The zero-order chi connectivity index (χ0) is 15.9. The van der Waals surface area contributed by atoms with Gasteiger partial charge in [-0.15, -0.1) is 5.10 Å². The molecule has 0 aliphatic rings. The first-order valence-electron chi connectivity index (χ1n) is 5.88. The molecule has 0 spiro atoms. The molecule has 9 nitrogen and oxygen atoms in total. The maximum Gasteiger partial charge on any atom is 0.272 e. The molecule has 11 heteroatoms. The molecule has 0 fully saturated rings. The van der Waals surface area contributed by atoms with E-state index >= 15 is 0 Å². The van der Waals surface area contributed by atoms with E-state index in [1.807, 2.05) is 0 Å². The van der Waals surface area contributed by atoms with Gasteiger partial charge in [-0.2, -0.15) is 19.5 Å². The van der Waals surface area contributed by atoms with Gasteiger partial charge in [0.25, 0.3) is 11.5 Å². The maximum atomic E-state index is 14.0. The van der Waals surface area contributed by atoms with Crippen molar-refractivity contribution < 1.29 is 9.31 Å². The van der Waals surface area contributed by atoms with Crippen molar-refractivity contribution >= 4 is 29.2 Å². The van der Waals surface area contributed by atoms with Crippen LogP contribution in [0.15, 0.2) is 23.4 Å². The normalized spacial score (nSPS) is 11.0. The Hall–Kier alpha value is -2.82. The lowest BCUT2D eigenvalue weighted by Gasteiger charge is -1.98. The van der Waals surface area contributed by atoms with Gasteiger partial charge in [-0.05, 0) is 12.3 Å². The number of fused-ring (bicyclic) bond motifs is 1. The minimum Gasteiger partial charge on any atom is -0.368 e. The van der Waals surface area contributed by atoms with Gasteiger partial charge in [-0.3, -0.25) is 10.1 Å². The Morgan fingerprint density at radius 3 is 2.77 bits per heavy atom. The van der Waals surface area contributed by atoms with E-state index in [-0.39, 0.29) is 28.8 Å². The van der Waals surface area contributed by atoms with Gasteiger partial charge < -0.3 is 5.73 Å². The number of rotatable bonds is 3. The van der Waals surface area contributed by atoms with Crippen molar-refractivity contribution in [1.82, 2.24) is 24.6 Å². The Kier molecular flexibility index (Phi) is 3.33. The second kappa shape index (κ2) is 5.18. The minimum atomic E-state index is -0.804. The number of nitrogen functional groups attached to an aromatic ring is 1. The van der Waals surface area contributed by atoms with Crippen molar-refractivity contribution in [2.45, 2.75) is 5.16 Å². The summed E-state index contributed by atoms with van der Waals surface area (Å²) in [5.74, 6) is -0.548. The van der Waals surface area contributed by atoms with Gasteiger partial charge in [-0.25, -0.2) is 4.39 Å². The number of nitrogens with zero attached hydrogens (tertiary/aromatic N) is 6. The standard InChI is InChI=1S/C11H8FN7O2S/c1-22-11-15-9(13)18-10(16-11)14-8(17-18)6-3-2-5(19(20)21)4-7(6)12/h2-4H,1H3,(H2,13,14,15,16,17). The summed E-state index contributed by atoms with van der Waals surface area (Å²) in [6.45, 7) is 0. The van der Waals surface area contributed by atoms with Crippen LogP contribution in [0.2, 0.25) is 0 Å². The average Bonchev–Trinajstić information content (AvgIpc) is 2.91. The molecule has 3 rings (SSSR count). The van der Waals surface area contributed by atoms with Crippen molar-refractivity contribution in [3.8, 4) is 11.4 Å². The number of aromatic nitrogens is 5. The molecule has 3 aromatic rings. The zero-order valence-corrected chi connectivity index (χ0v) is 11.9. The molecule has 0 saturated heterocycles. The van der Waals surface area contributed by atoms with Gasteiger partial charge in [0.1, 0.15) is 5.82 Å². The molecular weight excluding hydrogens is 313 g/mol. The van der Waals surface area contributed by atoms with Crippen molar-refractivity contribution in [2.75, 3.05) is 12.0 Å². The minimum absolute atomic E-state index is 0.0150. The van der Waals surface area contributed by atoms with E-state index in [4.69, 9.17) is 5.73 Å². The molecule has 0 bridgehead atoms. The predicted molar refractivity (Wildman–Crippen MR) is 76.8 cm³/mol. The number of non-ortho nitro benzene ring substituents is 1. The van der Waals surface area contributed by atoms with Gasteiger partial charge in [0.15, 0.2) is 11.0 Å². The Bertz CT molecular complexity index is 898.